The average molecular weight is 163 g/mol. The standard InChI is InChI=1S/C5H10NO3P/c6-4-2-1-3-5-9-10(7)8/h10H,1-3,5H2,(H,7,8). The largest absolute Gasteiger partial charge is 0.326 e. The molecule has 0 saturated heterocycles. The van der Waals surface area contributed by atoms with E-state index in [2.05, 4.69) is 4.52 Å². The van der Waals surface area contributed by atoms with Gasteiger partial charge in [-0.25, -0.2) is 0 Å². The third kappa shape index (κ3) is 7.64. The fraction of sp³-hybridized carbons (Fsp3) is 0.800. The minimum Gasteiger partial charge on any atom is -0.326 e. The monoisotopic (exact) mass is 163 g/mol. The molecule has 0 heterocycles. The molecule has 0 aliphatic rings. The van der Waals surface area contributed by atoms with Crippen LogP contribution in [0.5, 0.6) is 0 Å². The number of rotatable bonds is 5. The van der Waals surface area contributed by atoms with Crippen LogP contribution in [0.4, 0.5) is 0 Å². The molecule has 4 nitrogen and oxygen atoms in total. The first-order chi connectivity index (χ1) is 4.77. The molecule has 1 N–H and O–H groups in total. The molecule has 0 rings (SSSR count). The lowest BCUT2D eigenvalue weighted by atomic mass is 10.3. The third-order valence-electron chi connectivity index (χ3n) is 0.908. The molecule has 10 heavy (non-hydrogen) atoms. The van der Waals surface area contributed by atoms with Gasteiger partial charge in [0.2, 0.25) is 0 Å². The van der Waals surface area contributed by atoms with Gasteiger partial charge in [0.15, 0.2) is 0 Å². The number of nitriles is 1. The Morgan fingerprint density at radius 3 is 2.80 bits per heavy atom. The van der Waals surface area contributed by atoms with Crippen LogP contribution in [0.1, 0.15) is 19.3 Å². The molecule has 0 fully saturated rings. The van der Waals surface area contributed by atoms with Gasteiger partial charge in [0, 0.05) is 6.42 Å². The van der Waals surface area contributed by atoms with Gasteiger partial charge in [-0.3, -0.25) is 4.57 Å². The summed E-state index contributed by atoms with van der Waals surface area (Å²) in [5, 5.41) is 8.08. The lowest BCUT2D eigenvalue weighted by Gasteiger charge is -1.95. The van der Waals surface area contributed by atoms with Gasteiger partial charge in [-0.2, -0.15) is 5.26 Å². The van der Waals surface area contributed by atoms with Crippen molar-refractivity contribution in [2.24, 2.45) is 0 Å². The van der Waals surface area contributed by atoms with E-state index in [1.807, 2.05) is 6.07 Å². The molecule has 1 atom stereocenters. The highest BCUT2D eigenvalue weighted by Gasteiger charge is 1.91. The van der Waals surface area contributed by atoms with Crippen molar-refractivity contribution in [3.05, 3.63) is 0 Å². The van der Waals surface area contributed by atoms with Crippen LogP contribution in [0.15, 0.2) is 0 Å². The summed E-state index contributed by atoms with van der Waals surface area (Å²) in [6.45, 7) is 0.274. The Bertz CT molecular complexity index is 142. The van der Waals surface area contributed by atoms with E-state index in [1.54, 1.807) is 0 Å². The molecule has 0 aromatic heterocycles. The van der Waals surface area contributed by atoms with Crippen LogP contribution in [-0.4, -0.2) is 11.5 Å². The van der Waals surface area contributed by atoms with E-state index in [-0.39, 0.29) is 6.61 Å². The van der Waals surface area contributed by atoms with E-state index in [0.29, 0.717) is 12.8 Å². The second-order valence-electron chi connectivity index (χ2n) is 1.73. The highest BCUT2D eigenvalue weighted by molar-refractivity contribution is 7.32. The van der Waals surface area contributed by atoms with Gasteiger partial charge >= 0.3 is 8.25 Å². The average Bonchev–Trinajstić information content (AvgIpc) is 1.87. The maximum absolute atomic E-state index is 9.93. The minimum atomic E-state index is -2.75. The van der Waals surface area contributed by atoms with E-state index in [4.69, 9.17) is 10.2 Å². The van der Waals surface area contributed by atoms with Gasteiger partial charge in [0.05, 0.1) is 12.7 Å². The van der Waals surface area contributed by atoms with Gasteiger partial charge in [-0.05, 0) is 12.8 Å². The Hall–Kier alpha value is -0.360. The van der Waals surface area contributed by atoms with E-state index < -0.39 is 8.25 Å². The van der Waals surface area contributed by atoms with Crippen LogP contribution >= 0.6 is 8.25 Å². The normalized spacial score (nSPS) is 12.4. The van der Waals surface area contributed by atoms with Crippen molar-refractivity contribution in [3.63, 3.8) is 0 Å². The van der Waals surface area contributed by atoms with Gasteiger partial charge in [0.25, 0.3) is 0 Å². The SMILES string of the molecule is N#CCCCCO[PH](=O)O. The Balaban J connectivity index is 2.92. The molecule has 0 bridgehead atoms. The minimum absolute atomic E-state index is 0.274. The van der Waals surface area contributed by atoms with Crippen molar-refractivity contribution in [2.45, 2.75) is 19.3 Å². The lowest BCUT2D eigenvalue weighted by Crippen LogP contribution is -1.85. The molecular weight excluding hydrogens is 153 g/mol. The van der Waals surface area contributed by atoms with Gasteiger partial charge in [-0.1, -0.05) is 0 Å². The molecule has 0 aliphatic heterocycles. The van der Waals surface area contributed by atoms with E-state index in [0.717, 1.165) is 6.42 Å². The smallest absolute Gasteiger partial charge is 0.316 e. The predicted molar refractivity (Wildman–Crippen MR) is 36.6 cm³/mol. The Morgan fingerprint density at radius 1 is 1.60 bits per heavy atom. The van der Waals surface area contributed by atoms with Gasteiger partial charge < -0.3 is 9.42 Å². The van der Waals surface area contributed by atoms with Crippen molar-refractivity contribution < 1.29 is 14.0 Å². The summed E-state index contributed by atoms with van der Waals surface area (Å²) < 4.78 is 14.3. The summed E-state index contributed by atoms with van der Waals surface area (Å²) in [6.07, 6.45) is 1.88. The molecule has 58 valence electrons. The molecule has 0 aromatic rings. The first-order valence-corrected chi connectivity index (χ1v) is 4.26. The third-order valence-corrected chi connectivity index (χ3v) is 1.36. The van der Waals surface area contributed by atoms with Crippen molar-refractivity contribution in [3.8, 4) is 6.07 Å². The van der Waals surface area contributed by atoms with Crippen LogP contribution in [0, 0.1) is 11.3 Å². The maximum atomic E-state index is 9.93. The Kier molecular flexibility index (Phi) is 6.51. The van der Waals surface area contributed by atoms with Crippen LogP contribution in [0.2, 0.25) is 0 Å². The van der Waals surface area contributed by atoms with Crippen molar-refractivity contribution in [1.82, 2.24) is 0 Å². The highest BCUT2D eigenvalue weighted by Crippen LogP contribution is 2.14. The highest BCUT2D eigenvalue weighted by atomic mass is 31.1. The van der Waals surface area contributed by atoms with E-state index >= 15 is 0 Å². The number of hydrogen-bond acceptors (Lipinski definition) is 3. The lowest BCUT2D eigenvalue weighted by molar-refractivity contribution is 0.275. The zero-order chi connectivity index (χ0) is 7.82. The molecule has 0 saturated carbocycles. The number of unbranched alkanes of at least 4 members (excludes halogenated alkanes) is 2. The van der Waals surface area contributed by atoms with Crippen LogP contribution in [0.25, 0.3) is 0 Å². The molecule has 0 amide bonds. The topological polar surface area (TPSA) is 70.3 Å². The molecule has 1 unspecified atom stereocenters. The van der Waals surface area contributed by atoms with Crippen LogP contribution in [0.3, 0.4) is 0 Å². The predicted octanol–water partition coefficient (Wildman–Crippen LogP) is 1.08. The first-order valence-electron chi connectivity index (χ1n) is 3.00. The summed E-state index contributed by atoms with van der Waals surface area (Å²) in [7, 11) is -2.75. The number of hydrogen-bond donors (Lipinski definition) is 1. The summed E-state index contributed by atoms with van der Waals surface area (Å²) >= 11 is 0. The molecule has 0 radical (unpaired) electrons. The molecule has 0 spiro atoms. The zero-order valence-corrected chi connectivity index (χ0v) is 6.54. The van der Waals surface area contributed by atoms with Crippen molar-refractivity contribution >= 4 is 8.25 Å². The molecule has 0 aromatic carbocycles. The zero-order valence-electron chi connectivity index (χ0n) is 5.54. The molecular formula is C5H10NO3P. The maximum Gasteiger partial charge on any atom is 0.316 e. The van der Waals surface area contributed by atoms with E-state index in [1.165, 1.54) is 0 Å². The summed E-state index contributed by atoms with van der Waals surface area (Å²) in [4.78, 5) is 8.17. The van der Waals surface area contributed by atoms with Gasteiger partial charge in [0.1, 0.15) is 0 Å². The van der Waals surface area contributed by atoms with E-state index in [9.17, 15) is 4.57 Å². The second kappa shape index (κ2) is 6.76. The Labute approximate surface area is 60.4 Å². The Morgan fingerprint density at radius 2 is 2.30 bits per heavy atom. The quantitative estimate of drug-likeness (QED) is 0.486. The van der Waals surface area contributed by atoms with Gasteiger partial charge in [-0.15, -0.1) is 0 Å². The van der Waals surface area contributed by atoms with Crippen LogP contribution in [-0.2, 0) is 9.09 Å². The molecule has 0 aliphatic carbocycles. The second-order valence-corrected chi connectivity index (χ2v) is 2.55. The summed E-state index contributed by atoms with van der Waals surface area (Å²) in [6, 6.07) is 1.97. The summed E-state index contributed by atoms with van der Waals surface area (Å²) in [5.74, 6) is 0. The fourth-order valence-electron chi connectivity index (χ4n) is 0.466. The fourth-order valence-corrected chi connectivity index (χ4v) is 0.785. The molecule has 5 heteroatoms. The number of nitrogens with zero attached hydrogens (tertiary/aromatic N) is 1. The van der Waals surface area contributed by atoms with Crippen molar-refractivity contribution in [1.29, 1.82) is 5.26 Å². The van der Waals surface area contributed by atoms with Crippen molar-refractivity contribution in [2.75, 3.05) is 6.61 Å². The summed E-state index contributed by atoms with van der Waals surface area (Å²) in [5.41, 5.74) is 0. The van der Waals surface area contributed by atoms with Crippen LogP contribution < -0.4 is 0 Å². The first kappa shape index (κ1) is 9.64.